The van der Waals surface area contributed by atoms with E-state index in [2.05, 4.69) is 10.6 Å². The Hall–Kier alpha value is -4.44. The molecule has 0 aliphatic rings. The second-order valence-corrected chi connectivity index (χ2v) is 9.81. The molecule has 3 rings (SSSR count). The molecule has 2 amide bonds. The van der Waals surface area contributed by atoms with Crippen LogP contribution in [0.3, 0.4) is 0 Å². The molecule has 210 valence electrons. The number of hydrogen-bond acceptors (Lipinski definition) is 8. The van der Waals surface area contributed by atoms with Crippen molar-refractivity contribution in [3.05, 3.63) is 77.2 Å². The fraction of sp³-hybridized carbons (Fsp3) is 0.267. The normalized spacial score (nSPS) is 11.6. The van der Waals surface area contributed by atoms with Crippen LogP contribution in [0.5, 0.6) is 5.75 Å². The van der Waals surface area contributed by atoms with Crippen molar-refractivity contribution in [2.45, 2.75) is 26.8 Å². The number of methoxy groups -OCH3 is 1. The third kappa shape index (κ3) is 8.28. The van der Waals surface area contributed by atoms with Gasteiger partial charge in [-0.05, 0) is 42.2 Å². The van der Waals surface area contributed by atoms with E-state index in [4.69, 9.17) is 14.2 Å². The van der Waals surface area contributed by atoms with E-state index >= 15 is 0 Å². The van der Waals surface area contributed by atoms with E-state index in [1.807, 2.05) is 30.3 Å². The maximum absolute atomic E-state index is 12.7. The average molecular weight is 565 g/mol. The molecule has 0 fully saturated rings. The molecule has 0 aliphatic carbocycles. The van der Waals surface area contributed by atoms with Crippen molar-refractivity contribution in [3.63, 3.8) is 0 Å². The molecule has 10 heteroatoms. The van der Waals surface area contributed by atoms with Gasteiger partial charge in [-0.2, -0.15) is 0 Å². The monoisotopic (exact) mass is 564 g/mol. The predicted octanol–water partition coefficient (Wildman–Crippen LogP) is 4.94. The van der Waals surface area contributed by atoms with Crippen LogP contribution in [0.2, 0.25) is 0 Å². The quantitative estimate of drug-likeness (QED) is 0.236. The van der Waals surface area contributed by atoms with Gasteiger partial charge >= 0.3 is 11.9 Å². The van der Waals surface area contributed by atoms with Crippen LogP contribution in [0.4, 0.5) is 5.00 Å². The van der Waals surface area contributed by atoms with E-state index in [9.17, 15) is 19.2 Å². The molecule has 40 heavy (non-hydrogen) atoms. The number of nitrogens with one attached hydrogen (secondary N) is 2. The number of carbonyl (C=O) groups excluding carboxylic acids is 4. The highest BCUT2D eigenvalue weighted by Gasteiger charge is 2.27. The van der Waals surface area contributed by atoms with Crippen LogP contribution in [0.15, 0.2) is 66.1 Å². The third-order valence-electron chi connectivity index (χ3n) is 5.72. The van der Waals surface area contributed by atoms with Crippen LogP contribution in [-0.4, -0.2) is 50.1 Å². The number of ether oxygens (including phenoxy) is 3. The zero-order chi connectivity index (χ0) is 29.1. The van der Waals surface area contributed by atoms with Crippen molar-refractivity contribution in [1.82, 2.24) is 5.32 Å². The molecule has 1 atom stereocenters. The zero-order valence-corrected chi connectivity index (χ0v) is 23.6. The summed E-state index contributed by atoms with van der Waals surface area (Å²) in [6.45, 7) is 4.78. The number of rotatable bonds is 12. The summed E-state index contributed by atoms with van der Waals surface area (Å²) in [5, 5.41) is 7.32. The van der Waals surface area contributed by atoms with Crippen LogP contribution >= 0.6 is 11.3 Å². The number of carbonyl (C=O) groups is 4. The van der Waals surface area contributed by atoms with E-state index < -0.39 is 36.4 Å². The summed E-state index contributed by atoms with van der Waals surface area (Å²) in [6, 6.07) is 15.4. The molecule has 1 heterocycles. The van der Waals surface area contributed by atoms with Crippen molar-refractivity contribution < 1.29 is 33.4 Å². The van der Waals surface area contributed by atoms with E-state index in [1.165, 1.54) is 17.4 Å². The highest BCUT2D eigenvalue weighted by Crippen LogP contribution is 2.36. The molecule has 0 saturated carbocycles. The zero-order valence-electron chi connectivity index (χ0n) is 22.8. The summed E-state index contributed by atoms with van der Waals surface area (Å²) in [5.74, 6) is -2.04. The molecule has 0 spiro atoms. The topological polar surface area (TPSA) is 120 Å². The van der Waals surface area contributed by atoms with Gasteiger partial charge < -0.3 is 24.8 Å². The molecule has 2 N–H and O–H groups in total. The van der Waals surface area contributed by atoms with Gasteiger partial charge in [-0.3, -0.25) is 9.59 Å². The first-order valence-electron chi connectivity index (χ1n) is 12.7. The molecule has 0 bridgehead atoms. The minimum Gasteiger partial charge on any atom is -0.497 e. The largest absolute Gasteiger partial charge is 0.497 e. The van der Waals surface area contributed by atoms with Crippen LogP contribution in [0, 0.1) is 5.92 Å². The number of anilines is 1. The fourth-order valence-electron chi connectivity index (χ4n) is 3.66. The predicted molar refractivity (Wildman–Crippen MR) is 154 cm³/mol. The van der Waals surface area contributed by atoms with Gasteiger partial charge in [-0.1, -0.05) is 56.3 Å². The Kier molecular flexibility index (Phi) is 11.0. The first kappa shape index (κ1) is 30.1. The Morgan fingerprint density at radius 1 is 0.975 bits per heavy atom. The summed E-state index contributed by atoms with van der Waals surface area (Å²) < 4.78 is 15.5. The lowest BCUT2D eigenvalue weighted by molar-refractivity contribution is -0.151. The maximum Gasteiger partial charge on any atom is 0.341 e. The molecule has 1 aromatic heterocycles. The number of thiophene rings is 1. The molecule has 3 aromatic rings. The average Bonchev–Trinajstić information content (AvgIpc) is 3.37. The fourth-order valence-corrected chi connectivity index (χ4v) is 4.63. The van der Waals surface area contributed by atoms with Crippen molar-refractivity contribution in [2.75, 3.05) is 25.6 Å². The Bertz CT molecular complexity index is 1350. The minimum atomic E-state index is -0.970. The molecule has 2 aromatic carbocycles. The number of esters is 2. The van der Waals surface area contributed by atoms with Crippen molar-refractivity contribution in [2.24, 2.45) is 5.92 Å². The lowest BCUT2D eigenvalue weighted by Gasteiger charge is -2.20. The van der Waals surface area contributed by atoms with Gasteiger partial charge in [0.1, 0.15) is 22.4 Å². The van der Waals surface area contributed by atoms with Gasteiger partial charge in [-0.15, -0.1) is 11.3 Å². The van der Waals surface area contributed by atoms with Gasteiger partial charge in [0.25, 0.3) is 5.91 Å². The van der Waals surface area contributed by atoms with Gasteiger partial charge in [0.2, 0.25) is 5.91 Å². The smallest absolute Gasteiger partial charge is 0.341 e. The summed E-state index contributed by atoms with van der Waals surface area (Å²) in [7, 11) is 1.57. The SMILES string of the molecule is CCOC(=O)c1c(-c2ccccc2)csc1NC(=O)COC(=O)[C@@H](NC(=O)C=Cc1ccc(OC)cc1)C(C)C. The highest BCUT2D eigenvalue weighted by molar-refractivity contribution is 7.15. The van der Waals surface area contributed by atoms with Gasteiger partial charge in [-0.25, -0.2) is 9.59 Å². The number of benzene rings is 2. The Balaban J connectivity index is 1.62. The van der Waals surface area contributed by atoms with Gasteiger partial charge in [0.15, 0.2) is 6.61 Å². The lowest BCUT2D eigenvalue weighted by atomic mass is 10.0. The summed E-state index contributed by atoms with van der Waals surface area (Å²) in [5.41, 5.74) is 2.43. The lowest BCUT2D eigenvalue weighted by Crippen LogP contribution is -2.45. The van der Waals surface area contributed by atoms with Crippen LogP contribution in [0.1, 0.15) is 36.7 Å². The van der Waals surface area contributed by atoms with E-state index in [0.29, 0.717) is 11.3 Å². The standard InChI is InChI=1S/C30H32N2O7S/c1-5-38-29(35)26-23(21-9-7-6-8-10-21)18-40-28(26)32-25(34)17-39-30(36)27(19(2)3)31-24(33)16-13-20-11-14-22(37-4)15-12-20/h6-16,18-19,27H,5,17H2,1-4H3,(H,31,33)(H,32,34)/t27-/m0/s1. The molecule has 0 radical (unpaired) electrons. The van der Waals surface area contributed by atoms with E-state index in [1.54, 1.807) is 63.6 Å². The summed E-state index contributed by atoms with van der Waals surface area (Å²) in [4.78, 5) is 50.6. The van der Waals surface area contributed by atoms with Gasteiger partial charge in [0, 0.05) is 17.0 Å². The molecule has 9 nitrogen and oxygen atoms in total. The second kappa shape index (κ2) is 14.6. The van der Waals surface area contributed by atoms with Crippen molar-refractivity contribution in [3.8, 4) is 16.9 Å². The molecular weight excluding hydrogens is 532 g/mol. The third-order valence-corrected chi connectivity index (χ3v) is 6.61. The maximum atomic E-state index is 12.7. The Morgan fingerprint density at radius 2 is 1.68 bits per heavy atom. The van der Waals surface area contributed by atoms with Crippen LogP contribution in [0.25, 0.3) is 17.2 Å². The Labute approximate surface area is 237 Å². The minimum absolute atomic E-state index is 0.172. The highest BCUT2D eigenvalue weighted by atomic mass is 32.1. The number of hydrogen-bond donors (Lipinski definition) is 2. The number of amides is 2. The van der Waals surface area contributed by atoms with Crippen molar-refractivity contribution in [1.29, 1.82) is 0 Å². The second-order valence-electron chi connectivity index (χ2n) is 8.93. The molecule has 0 saturated heterocycles. The van der Waals surface area contributed by atoms with Crippen molar-refractivity contribution >= 4 is 46.2 Å². The van der Waals surface area contributed by atoms with E-state index in [-0.39, 0.29) is 23.1 Å². The first-order valence-corrected chi connectivity index (χ1v) is 13.5. The Morgan fingerprint density at radius 3 is 2.30 bits per heavy atom. The van der Waals surface area contributed by atoms with Crippen LogP contribution in [-0.2, 0) is 23.9 Å². The van der Waals surface area contributed by atoms with E-state index in [0.717, 1.165) is 11.1 Å². The first-order chi connectivity index (χ1) is 19.2. The van der Waals surface area contributed by atoms with Crippen LogP contribution < -0.4 is 15.4 Å². The molecular formula is C30H32N2O7S. The molecule has 0 aliphatic heterocycles. The summed E-state index contributed by atoms with van der Waals surface area (Å²) in [6.07, 6.45) is 2.92. The van der Waals surface area contributed by atoms with Gasteiger partial charge in [0.05, 0.1) is 13.7 Å². The molecule has 0 unspecified atom stereocenters. The summed E-state index contributed by atoms with van der Waals surface area (Å²) >= 11 is 1.17.